The van der Waals surface area contributed by atoms with Crippen molar-refractivity contribution in [3.8, 4) is 0 Å². The van der Waals surface area contributed by atoms with Crippen LogP contribution in [0.5, 0.6) is 0 Å². The maximum absolute atomic E-state index is 11.3. The number of nitrogens with zero attached hydrogens (tertiary/aromatic N) is 4. The van der Waals surface area contributed by atoms with Crippen LogP contribution in [0.15, 0.2) is 6.33 Å². The molecule has 0 saturated heterocycles. The Labute approximate surface area is 115 Å². The van der Waals surface area contributed by atoms with E-state index in [1.807, 2.05) is 6.92 Å². The Balaban J connectivity index is 2.37. The molecule has 0 aliphatic heterocycles. The predicted molar refractivity (Wildman–Crippen MR) is 72.0 cm³/mol. The van der Waals surface area contributed by atoms with Crippen molar-refractivity contribution >= 4 is 29.1 Å². The van der Waals surface area contributed by atoms with E-state index in [4.69, 9.17) is 17.3 Å². The third-order valence-corrected chi connectivity index (χ3v) is 3.34. The summed E-state index contributed by atoms with van der Waals surface area (Å²) >= 11 is 6.04. The van der Waals surface area contributed by atoms with Gasteiger partial charge in [-0.05, 0) is 20.8 Å². The van der Waals surface area contributed by atoms with Crippen molar-refractivity contribution < 1.29 is 4.79 Å². The highest BCUT2D eigenvalue weighted by Gasteiger charge is 2.25. The van der Waals surface area contributed by atoms with Crippen molar-refractivity contribution in [3.63, 3.8) is 0 Å². The Kier molecular flexibility index (Phi) is 3.32. The molecule has 1 amide bonds. The first-order valence-corrected chi connectivity index (χ1v) is 6.10. The Morgan fingerprint density at radius 2 is 2.26 bits per heavy atom. The van der Waals surface area contributed by atoms with E-state index in [9.17, 15) is 4.79 Å². The molecular formula is C11H15ClN6O. The number of carbonyl (C=O) groups excluding carboxylic acids is 1. The summed E-state index contributed by atoms with van der Waals surface area (Å²) < 4.78 is 1.54. The van der Waals surface area contributed by atoms with Crippen LogP contribution in [0.25, 0.3) is 5.78 Å². The fourth-order valence-electron chi connectivity index (χ4n) is 1.50. The van der Waals surface area contributed by atoms with Gasteiger partial charge in [0.25, 0.3) is 5.78 Å². The van der Waals surface area contributed by atoms with Crippen molar-refractivity contribution in [2.75, 3.05) is 11.9 Å². The van der Waals surface area contributed by atoms with E-state index in [1.165, 1.54) is 10.8 Å². The fourth-order valence-corrected chi connectivity index (χ4v) is 1.66. The Bertz CT molecular complexity index is 635. The summed E-state index contributed by atoms with van der Waals surface area (Å²) in [6.45, 7) is 5.70. The van der Waals surface area contributed by atoms with E-state index < -0.39 is 5.41 Å². The quantitative estimate of drug-likeness (QED) is 0.816. The van der Waals surface area contributed by atoms with Gasteiger partial charge in [-0.2, -0.15) is 19.6 Å². The maximum atomic E-state index is 11.3. The highest BCUT2D eigenvalue weighted by atomic mass is 35.5. The molecule has 0 aliphatic rings. The Morgan fingerprint density at radius 3 is 2.89 bits per heavy atom. The van der Waals surface area contributed by atoms with Gasteiger partial charge in [0.2, 0.25) is 5.91 Å². The second-order valence-electron chi connectivity index (χ2n) is 4.95. The zero-order valence-electron chi connectivity index (χ0n) is 10.9. The molecule has 0 spiro atoms. The molecule has 2 rings (SSSR count). The Hall–Kier alpha value is -1.89. The summed E-state index contributed by atoms with van der Waals surface area (Å²) in [5.41, 5.74) is 5.39. The standard InChI is InChI=1S/C11H15ClN6O/c1-6-7(12)17-10-15-5-16-18(10)8(6)14-4-11(2,3)9(13)19/h5,14H,4H2,1-3H3,(H2,13,19). The molecule has 2 aromatic rings. The summed E-state index contributed by atoms with van der Waals surface area (Å²) in [5.74, 6) is 0.671. The molecule has 2 aromatic heterocycles. The third-order valence-electron chi connectivity index (χ3n) is 2.97. The van der Waals surface area contributed by atoms with Crippen LogP contribution in [0, 0.1) is 12.3 Å². The second-order valence-corrected chi connectivity index (χ2v) is 5.31. The number of hydrogen-bond donors (Lipinski definition) is 2. The molecule has 3 N–H and O–H groups in total. The molecule has 2 heterocycles. The van der Waals surface area contributed by atoms with E-state index in [0.717, 1.165) is 5.56 Å². The monoisotopic (exact) mass is 282 g/mol. The molecule has 7 nitrogen and oxygen atoms in total. The number of nitrogens with two attached hydrogens (primary N) is 1. The summed E-state index contributed by atoms with van der Waals surface area (Å²) in [7, 11) is 0. The van der Waals surface area contributed by atoms with Gasteiger partial charge in [0.05, 0.1) is 5.41 Å². The smallest absolute Gasteiger partial charge is 0.255 e. The van der Waals surface area contributed by atoms with Gasteiger partial charge in [-0.3, -0.25) is 4.79 Å². The number of fused-ring (bicyclic) bond motifs is 1. The van der Waals surface area contributed by atoms with Crippen molar-refractivity contribution in [3.05, 3.63) is 17.0 Å². The number of aromatic nitrogens is 4. The molecule has 8 heteroatoms. The van der Waals surface area contributed by atoms with Gasteiger partial charge in [0, 0.05) is 12.1 Å². The van der Waals surface area contributed by atoms with Crippen LogP contribution in [-0.2, 0) is 4.79 Å². The lowest BCUT2D eigenvalue weighted by Gasteiger charge is -2.22. The molecule has 0 radical (unpaired) electrons. The molecule has 102 valence electrons. The molecule has 0 bridgehead atoms. The average Bonchev–Trinajstić information content (AvgIpc) is 2.77. The van der Waals surface area contributed by atoms with Crippen LogP contribution in [0.2, 0.25) is 5.15 Å². The lowest BCUT2D eigenvalue weighted by atomic mass is 9.93. The lowest BCUT2D eigenvalue weighted by Crippen LogP contribution is -2.37. The van der Waals surface area contributed by atoms with Crippen LogP contribution in [0.4, 0.5) is 5.82 Å². The zero-order valence-corrected chi connectivity index (χ0v) is 11.7. The number of anilines is 1. The van der Waals surface area contributed by atoms with Gasteiger partial charge < -0.3 is 11.1 Å². The van der Waals surface area contributed by atoms with E-state index in [0.29, 0.717) is 23.3 Å². The number of carbonyl (C=O) groups is 1. The molecule has 19 heavy (non-hydrogen) atoms. The first kappa shape index (κ1) is 13.5. The minimum absolute atomic E-state index is 0.347. The van der Waals surface area contributed by atoms with Crippen LogP contribution in [0.1, 0.15) is 19.4 Å². The van der Waals surface area contributed by atoms with E-state index >= 15 is 0 Å². The highest BCUT2D eigenvalue weighted by molar-refractivity contribution is 6.30. The lowest BCUT2D eigenvalue weighted by molar-refractivity contribution is -0.125. The average molecular weight is 283 g/mol. The molecule has 0 fully saturated rings. The molecular weight excluding hydrogens is 268 g/mol. The molecule has 0 aromatic carbocycles. The second kappa shape index (κ2) is 4.65. The number of halogens is 1. The van der Waals surface area contributed by atoms with Crippen LogP contribution < -0.4 is 11.1 Å². The largest absolute Gasteiger partial charge is 0.369 e. The number of primary amides is 1. The van der Waals surface area contributed by atoms with Gasteiger partial charge in [0.1, 0.15) is 17.3 Å². The number of amides is 1. The molecule has 0 saturated carbocycles. The summed E-state index contributed by atoms with van der Waals surface area (Å²) in [5, 5.41) is 7.56. The summed E-state index contributed by atoms with van der Waals surface area (Å²) in [4.78, 5) is 19.4. The van der Waals surface area contributed by atoms with Gasteiger partial charge in [-0.25, -0.2) is 0 Å². The van der Waals surface area contributed by atoms with Crippen LogP contribution in [-0.4, -0.2) is 32.0 Å². The first-order chi connectivity index (χ1) is 8.83. The van der Waals surface area contributed by atoms with Crippen molar-refractivity contribution in [2.24, 2.45) is 11.1 Å². The van der Waals surface area contributed by atoms with Crippen molar-refractivity contribution in [2.45, 2.75) is 20.8 Å². The molecule has 0 atom stereocenters. The molecule has 0 aliphatic carbocycles. The van der Waals surface area contributed by atoms with E-state index in [-0.39, 0.29) is 5.91 Å². The fraction of sp³-hybridized carbons (Fsp3) is 0.455. The van der Waals surface area contributed by atoms with Crippen molar-refractivity contribution in [1.82, 2.24) is 19.6 Å². The topological polar surface area (TPSA) is 98.2 Å². The summed E-state index contributed by atoms with van der Waals surface area (Å²) in [6.07, 6.45) is 1.39. The van der Waals surface area contributed by atoms with Crippen molar-refractivity contribution in [1.29, 1.82) is 0 Å². The third kappa shape index (κ3) is 2.46. The minimum Gasteiger partial charge on any atom is -0.369 e. The first-order valence-electron chi connectivity index (χ1n) is 5.72. The minimum atomic E-state index is -0.685. The van der Waals surface area contributed by atoms with Gasteiger partial charge in [-0.15, -0.1) is 0 Å². The Morgan fingerprint density at radius 1 is 1.58 bits per heavy atom. The number of hydrogen-bond acceptors (Lipinski definition) is 5. The van der Waals surface area contributed by atoms with Gasteiger partial charge in [0.15, 0.2) is 0 Å². The predicted octanol–water partition coefficient (Wildman–Crippen LogP) is 1.01. The van der Waals surface area contributed by atoms with E-state index in [2.05, 4.69) is 20.4 Å². The van der Waals surface area contributed by atoms with Crippen LogP contribution >= 0.6 is 11.6 Å². The summed E-state index contributed by atoms with van der Waals surface area (Å²) in [6, 6.07) is 0. The molecule has 0 unspecified atom stereocenters. The number of nitrogens with one attached hydrogen (secondary N) is 1. The maximum Gasteiger partial charge on any atom is 0.255 e. The normalized spacial score (nSPS) is 11.8. The van der Waals surface area contributed by atoms with E-state index in [1.54, 1.807) is 13.8 Å². The number of rotatable bonds is 4. The highest BCUT2D eigenvalue weighted by Crippen LogP contribution is 2.23. The van der Waals surface area contributed by atoms with Crippen LogP contribution in [0.3, 0.4) is 0 Å². The van der Waals surface area contributed by atoms with Gasteiger partial charge >= 0.3 is 0 Å². The zero-order chi connectivity index (χ0) is 14.2. The SMILES string of the molecule is Cc1c(Cl)nc2ncnn2c1NCC(C)(C)C(N)=O. The van der Waals surface area contributed by atoms with Gasteiger partial charge in [-0.1, -0.05) is 11.6 Å².